The smallest absolute Gasteiger partial charge is 0.266 e. The molecule has 6 nitrogen and oxygen atoms in total. The summed E-state index contributed by atoms with van der Waals surface area (Å²) in [4.78, 5) is 9.96. The van der Waals surface area contributed by atoms with Crippen molar-refractivity contribution < 1.29 is 8.42 Å². The van der Waals surface area contributed by atoms with Crippen LogP contribution >= 0.6 is 11.6 Å². The number of pyridine rings is 2. The van der Waals surface area contributed by atoms with Gasteiger partial charge in [0.1, 0.15) is 4.90 Å². The monoisotopic (exact) mass is 324 g/mol. The van der Waals surface area contributed by atoms with Crippen LogP contribution in [0.2, 0.25) is 5.02 Å². The molecule has 21 heavy (non-hydrogen) atoms. The molecule has 110 valence electrons. The molecular formula is C13H13ClN4O2S. The minimum Gasteiger partial charge on any atom is -0.371 e. The lowest BCUT2D eigenvalue weighted by molar-refractivity contribution is 0.588. The quantitative estimate of drug-likeness (QED) is 0.842. The number of likely N-dealkylation sites (N-methyl/N-ethyl adjacent to an activating group) is 1. The average Bonchev–Trinajstić information content (AvgIpc) is 2.47. The molecule has 1 aliphatic rings. The minimum absolute atomic E-state index is 0.0781. The van der Waals surface area contributed by atoms with Gasteiger partial charge in [0, 0.05) is 32.2 Å². The molecule has 0 saturated heterocycles. The van der Waals surface area contributed by atoms with Crippen molar-refractivity contribution in [2.75, 3.05) is 29.3 Å². The number of sulfonamides is 1. The van der Waals surface area contributed by atoms with Gasteiger partial charge in [-0.05, 0) is 12.1 Å². The molecule has 2 aromatic rings. The average molecular weight is 325 g/mol. The van der Waals surface area contributed by atoms with E-state index < -0.39 is 10.0 Å². The summed E-state index contributed by atoms with van der Waals surface area (Å²) in [6.07, 6.45) is 5.91. The maximum absolute atomic E-state index is 12.8. The summed E-state index contributed by atoms with van der Waals surface area (Å²) in [5.74, 6) is 0. The number of nitrogens with zero attached hydrogens (tertiary/aromatic N) is 4. The van der Waals surface area contributed by atoms with Crippen LogP contribution in [0.1, 0.15) is 0 Å². The van der Waals surface area contributed by atoms with E-state index in [1.807, 2.05) is 11.9 Å². The second kappa shape index (κ2) is 5.16. The van der Waals surface area contributed by atoms with Crippen LogP contribution in [0.5, 0.6) is 0 Å². The fourth-order valence-corrected chi connectivity index (χ4v) is 3.97. The molecule has 0 bridgehead atoms. The van der Waals surface area contributed by atoms with Crippen LogP contribution < -0.4 is 9.21 Å². The van der Waals surface area contributed by atoms with Gasteiger partial charge in [0.05, 0.1) is 29.1 Å². The maximum Gasteiger partial charge on any atom is 0.266 e. The molecule has 0 aliphatic carbocycles. The standard InChI is InChI=1S/C13H13ClN4O2S/c1-17-4-5-18(13-9-15-3-2-12(13)17)21(19,20)11-6-10(14)7-16-8-11/h2-3,6-9H,4-5H2,1H3. The molecule has 0 spiro atoms. The van der Waals surface area contributed by atoms with Gasteiger partial charge < -0.3 is 4.90 Å². The largest absolute Gasteiger partial charge is 0.371 e. The van der Waals surface area contributed by atoms with Crippen molar-refractivity contribution in [3.05, 3.63) is 41.9 Å². The summed E-state index contributed by atoms with van der Waals surface area (Å²) in [5.41, 5.74) is 1.39. The first-order valence-electron chi connectivity index (χ1n) is 6.28. The van der Waals surface area contributed by atoms with E-state index in [1.165, 1.54) is 22.8 Å². The number of fused-ring (bicyclic) bond motifs is 1. The van der Waals surface area contributed by atoms with E-state index in [1.54, 1.807) is 18.5 Å². The topological polar surface area (TPSA) is 66.4 Å². The Labute approximate surface area is 128 Å². The maximum atomic E-state index is 12.8. The van der Waals surface area contributed by atoms with E-state index in [4.69, 9.17) is 11.6 Å². The Kier molecular flexibility index (Phi) is 3.46. The van der Waals surface area contributed by atoms with Crippen molar-refractivity contribution in [2.45, 2.75) is 4.90 Å². The Morgan fingerprint density at radius 3 is 2.71 bits per heavy atom. The number of halogens is 1. The summed E-state index contributed by atoms with van der Waals surface area (Å²) in [5, 5.41) is 0.289. The Morgan fingerprint density at radius 1 is 1.14 bits per heavy atom. The molecular weight excluding hydrogens is 312 g/mol. The Morgan fingerprint density at radius 2 is 1.95 bits per heavy atom. The predicted octanol–water partition coefficient (Wildman–Crippen LogP) is 1.78. The molecule has 0 fully saturated rings. The van der Waals surface area contributed by atoms with E-state index in [0.717, 1.165) is 5.69 Å². The molecule has 3 rings (SSSR count). The number of anilines is 2. The molecule has 0 N–H and O–H groups in total. The van der Waals surface area contributed by atoms with E-state index in [0.29, 0.717) is 18.8 Å². The lowest BCUT2D eigenvalue weighted by atomic mass is 10.2. The van der Waals surface area contributed by atoms with Crippen molar-refractivity contribution in [1.29, 1.82) is 0 Å². The zero-order chi connectivity index (χ0) is 15.0. The first kappa shape index (κ1) is 14.1. The third kappa shape index (κ3) is 2.43. The third-order valence-electron chi connectivity index (χ3n) is 3.36. The van der Waals surface area contributed by atoms with Gasteiger partial charge in [0.25, 0.3) is 10.0 Å². The van der Waals surface area contributed by atoms with Gasteiger partial charge in [-0.3, -0.25) is 14.3 Å². The summed E-state index contributed by atoms with van der Waals surface area (Å²) in [7, 11) is -1.78. The van der Waals surface area contributed by atoms with Crippen LogP contribution in [0.3, 0.4) is 0 Å². The summed E-state index contributed by atoms with van der Waals surface area (Å²) < 4.78 is 26.9. The fraction of sp³-hybridized carbons (Fsp3) is 0.231. The highest BCUT2D eigenvalue weighted by atomic mass is 35.5. The first-order valence-corrected chi connectivity index (χ1v) is 8.10. The highest BCUT2D eigenvalue weighted by molar-refractivity contribution is 7.92. The minimum atomic E-state index is -3.70. The molecule has 0 radical (unpaired) electrons. The fourth-order valence-electron chi connectivity index (χ4n) is 2.29. The number of hydrogen-bond donors (Lipinski definition) is 0. The summed E-state index contributed by atoms with van der Waals surface area (Å²) >= 11 is 5.85. The van der Waals surface area contributed by atoms with Gasteiger partial charge in [-0.1, -0.05) is 11.6 Å². The number of rotatable bonds is 2. The number of hydrogen-bond acceptors (Lipinski definition) is 5. The van der Waals surface area contributed by atoms with Gasteiger partial charge in [-0.15, -0.1) is 0 Å². The lowest BCUT2D eigenvalue weighted by Gasteiger charge is -2.35. The molecule has 0 unspecified atom stereocenters. The van der Waals surface area contributed by atoms with Crippen molar-refractivity contribution in [1.82, 2.24) is 9.97 Å². The van der Waals surface area contributed by atoms with Gasteiger partial charge in [0.2, 0.25) is 0 Å². The molecule has 0 atom stereocenters. The molecule has 8 heteroatoms. The van der Waals surface area contributed by atoms with Crippen molar-refractivity contribution in [2.24, 2.45) is 0 Å². The van der Waals surface area contributed by atoms with E-state index >= 15 is 0 Å². The first-order chi connectivity index (χ1) is 10.00. The van der Waals surface area contributed by atoms with Gasteiger partial charge in [-0.25, -0.2) is 8.42 Å². The Balaban J connectivity index is 2.11. The van der Waals surface area contributed by atoms with Crippen molar-refractivity contribution in [3.63, 3.8) is 0 Å². The van der Waals surface area contributed by atoms with Crippen LogP contribution in [0, 0.1) is 0 Å². The predicted molar refractivity (Wildman–Crippen MR) is 81.3 cm³/mol. The van der Waals surface area contributed by atoms with Crippen LogP contribution in [0.15, 0.2) is 41.8 Å². The van der Waals surface area contributed by atoms with Crippen molar-refractivity contribution in [3.8, 4) is 0 Å². The summed E-state index contributed by atoms with van der Waals surface area (Å²) in [6, 6.07) is 3.20. The van der Waals surface area contributed by atoms with Crippen LogP contribution in [0.4, 0.5) is 11.4 Å². The van der Waals surface area contributed by atoms with E-state index in [9.17, 15) is 8.42 Å². The third-order valence-corrected chi connectivity index (χ3v) is 5.35. The normalized spacial score (nSPS) is 15.0. The van der Waals surface area contributed by atoms with E-state index in [2.05, 4.69) is 9.97 Å². The second-order valence-corrected chi connectivity index (χ2v) is 7.00. The van der Waals surface area contributed by atoms with Crippen LogP contribution in [0.25, 0.3) is 0 Å². The van der Waals surface area contributed by atoms with Crippen LogP contribution in [-0.4, -0.2) is 38.5 Å². The number of aromatic nitrogens is 2. The molecule has 1 aliphatic heterocycles. The second-order valence-electron chi connectivity index (χ2n) is 4.70. The molecule has 0 amide bonds. The molecule has 0 aromatic carbocycles. The molecule has 3 heterocycles. The van der Waals surface area contributed by atoms with E-state index in [-0.39, 0.29) is 9.92 Å². The SMILES string of the molecule is CN1CCN(S(=O)(=O)c2cncc(Cl)c2)c2cnccc21. The lowest BCUT2D eigenvalue weighted by Crippen LogP contribution is -2.42. The van der Waals surface area contributed by atoms with Gasteiger partial charge in [-0.2, -0.15) is 0 Å². The zero-order valence-corrected chi connectivity index (χ0v) is 12.8. The van der Waals surface area contributed by atoms with Gasteiger partial charge >= 0.3 is 0 Å². The van der Waals surface area contributed by atoms with Crippen molar-refractivity contribution >= 4 is 33.0 Å². The molecule has 2 aromatic heterocycles. The zero-order valence-electron chi connectivity index (χ0n) is 11.3. The highest BCUT2D eigenvalue weighted by Crippen LogP contribution is 2.34. The van der Waals surface area contributed by atoms with Crippen LogP contribution in [-0.2, 0) is 10.0 Å². The Hall–Kier alpha value is -1.86. The molecule has 0 saturated carbocycles. The Bertz CT molecular complexity index is 781. The highest BCUT2D eigenvalue weighted by Gasteiger charge is 2.31. The summed E-state index contributed by atoms with van der Waals surface area (Å²) in [6.45, 7) is 0.953. The van der Waals surface area contributed by atoms with Gasteiger partial charge in [0.15, 0.2) is 0 Å².